The zero-order chi connectivity index (χ0) is 20.8. The Morgan fingerprint density at radius 3 is 2.45 bits per heavy atom. The molecule has 3 N–H and O–H groups in total. The summed E-state index contributed by atoms with van der Waals surface area (Å²) in [7, 11) is 5.13. The summed E-state index contributed by atoms with van der Waals surface area (Å²) in [5, 5.41) is 3.22. The van der Waals surface area contributed by atoms with Crippen LogP contribution in [0.2, 0.25) is 0 Å². The maximum absolute atomic E-state index is 11.6. The molecule has 29 heavy (non-hydrogen) atoms. The number of nitrogens with one attached hydrogen (secondary N) is 1. The lowest BCUT2D eigenvalue weighted by Crippen LogP contribution is -2.44. The van der Waals surface area contributed by atoms with Gasteiger partial charge in [0.1, 0.15) is 5.56 Å². The van der Waals surface area contributed by atoms with Crippen molar-refractivity contribution in [3.8, 4) is 22.9 Å². The molecular weight excluding hydrogens is 376 g/mol. The van der Waals surface area contributed by atoms with Crippen molar-refractivity contribution in [1.82, 2.24) is 19.8 Å². The molecular formula is C19H28N6O4. The largest absolute Gasteiger partial charge is 0.480 e. The Morgan fingerprint density at radius 2 is 1.86 bits per heavy atom. The van der Waals surface area contributed by atoms with Crippen molar-refractivity contribution in [2.24, 2.45) is 5.73 Å². The van der Waals surface area contributed by atoms with Crippen LogP contribution in [0, 0.1) is 0 Å². The number of aromatic nitrogens is 2. The van der Waals surface area contributed by atoms with Crippen molar-refractivity contribution in [3.63, 3.8) is 0 Å². The van der Waals surface area contributed by atoms with Crippen LogP contribution in [0.15, 0.2) is 16.7 Å². The van der Waals surface area contributed by atoms with Crippen molar-refractivity contribution in [3.05, 3.63) is 18.1 Å². The summed E-state index contributed by atoms with van der Waals surface area (Å²) in [5.41, 5.74) is 6.23. The average Bonchev–Trinajstić information content (AvgIpc) is 3.21. The highest BCUT2D eigenvalue weighted by molar-refractivity contribution is 5.98. The Kier molecular flexibility index (Phi) is 6.89. The fourth-order valence-corrected chi connectivity index (χ4v) is 3.30. The van der Waals surface area contributed by atoms with Crippen LogP contribution in [0.3, 0.4) is 0 Å². The number of nitrogens with zero attached hydrogens (tertiary/aromatic N) is 4. The number of carbonyl (C=O) groups is 1. The number of hydrogen-bond acceptors (Lipinski definition) is 9. The zero-order valence-corrected chi connectivity index (χ0v) is 17.1. The topological polar surface area (TPSA) is 119 Å². The third-order valence-corrected chi connectivity index (χ3v) is 4.92. The van der Waals surface area contributed by atoms with Gasteiger partial charge in [-0.3, -0.25) is 4.79 Å². The van der Waals surface area contributed by atoms with Crippen molar-refractivity contribution in [1.29, 1.82) is 0 Å². The summed E-state index contributed by atoms with van der Waals surface area (Å²) in [6, 6.07) is 1.60. The molecule has 0 aliphatic carbocycles. The minimum atomic E-state index is -0.694. The Bertz CT molecular complexity index is 807. The van der Waals surface area contributed by atoms with Crippen LogP contribution < -0.4 is 20.5 Å². The van der Waals surface area contributed by atoms with Gasteiger partial charge in [-0.15, -0.1) is 0 Å². The molecule has 3 heterocycles. The lowest BCUT2D eigenvalue weighted by atomic mass is 10.1. The number of piperazine rings is 1. The second kappa shape index (κ2) is 9.57. The molecule has 0 spiro atoms. The van der Waals surface area contributed by atoms with Crippen LogP contribution in [0.1, 0.15) is 17.0 Å². The van der Waals surface area contributed by atoms with E-state index in [2.05, 4.69) is 32.1 Å². The van der Waals surface area contributed by atoms with Crippen LogP contribution in [0.5, 0.6) is 11.8 Å². The first-order chi connectivity index (χ1) is 14.0. The van der Waals surface area contributed by atoms with Crippen molar-refractivity contribution in [2.45, 2.75) is 6.42 Å². The van der Waals surface area contributed by atoms with E-state index >= 15 is 0 Å². The van der Waals surface area contributed by atoms with E-state index in [9.17, 15) is 4.79 Å². The van der Waals surface area contributed by atoms with E-state index in [1.54, 1.807) is 6.07 Å². The predicted octanol–water partition coefficient (Wildman–Crippen LogP) is 0.902. The van der Waals surface area contributed by atoms with Gasteiger partial charge in [0, 0.05) is 38.3 Å². The van der Waals surface area contributed by atoms with E-state index in [1.807, 2.05) is 0 Å². The number of nitrogens with two attached hydrogens (primary N) is 1. The van der Waals surface area contributed by atoms with E-state index < -0.39 is 5.91 Å². The summed E-state index contributed by atoms with van der Waals surface area (Å²) in [6.07, 6.45) is 2.34. The van der Waals surface area contributed by atoms with Crippen molar-refractivity contribution >= 4 is 11.9 Å². The number of anilines is 1. The van der Waals surface area contributed by atoms with Crippen LogP contribution in [0.25, 0.3) is 11.1 Å². The Hall–Kier alpha value is -2.85. The molecule has 10 nitrogen and oxygen atoms in total. The molecule has 0 atom stereocenters. The molecule has 10 heteroatoms. The van der Waals surface area contributed by atoms with Crippen molar-refractivity contribution in [2.75, 3.05) is 65.9 Å². The van der Waals surface area contributed by atoms with Gasteiger partial charge < -0.3 is 34.7 Å². The lowest BCUT2D eigenvalue weighted by molar-refractivity contribution is 0.0975. The number of rotatable bonds is 9. The monoisotopic (exact) mass is 404 g/mol. The molecule has 0 aromatic carbocycles. The summed E-state index contributed by atoms with van der Waals surface area (Å²) in [5.74, 6) is 0.230. The number of hydrogen-bond donors (Lipinski definition) is 2. The fourth-order valence-electron chi connectivity index (χ4n) is 3.30. The van der Waals surface area contributed by atoms with Crippen molar-refractivity contribution < 1.29 is 18.7 Å². The van der Waals surface area contributed by atoms with E-state index in [4.69, 9.17) is 19.6 Å². The second-order valence-corrected chi connectivity index (χ2v) is 6.89. The SMILES string of the molecule is COc1nc(NCCCN2CCN(C)CC2)nc(OC)c1-c1ccoc1C(N)=O. The lowest BCUT2D eigenvalue weighted by Gasteiger charge is -2.32. The highest BCUT2D eigenvalue weighted by atomic mass is 16.5. The van der Waals surface area contributed by atoms with Gasteiger partial charge in [-0.25, -0.2) is 0 Å². The standard InChI is InChI=1S/C19H28N6O4/c1-24-8-10-25(11-9-24)7-4-6-21-19-22-17(27-2)14(18(23-19)28-3)13-5-12-29-15(13)16(20)26/h5,12H,4,6-11H2,1-3H3,(H2,20,26)(H,21,22,23). The second-order valence-electron chi connectivity index (χ2n) is 6.89. The highest BCUT2D eigenvalue weighted by Crippen LogP contribution is 2.38. The first-order valence-electron chi connectivity index (χ1n) is 9.56. The summed E-state index contributed by atoms with van der Waals surface area (Å²) in [6.45, 7) is 6.13. The Morgan fingerprint density at radius 1 is 1.21 bits per heavy atom. The average molecular weight is 404 g/mol. The number of primary amides is 1. The quantitative estimate of drug-likeness (QED) is 0.588. The van der Waals surface area contributed by atoms with E-state index in [0.717, 1.165) is 45.7 Å². The first-order valence-corrected chi connectivity index (χ1v) is 9.56. The van der Waals surface area contributed by atoms with Gasteiger partial charge in [0.25, 0.3) is 5.91 Å². The fraction of sp³-hybridized carbons (Fsp3) is 0.526. The van der Waals surface area contributed by atoms with Crippen LogP contribution in [0.4, 0.5) is 5.95 Å². The zero-order valence-electron chi connectivity index (χ0n) is 17.1. The highest BCUT2D eigenvalue weighted by Gasteiger charge is 2.24. The minimum Gasteiger partial charge on any atom is -0.480 e. The maximum Gasteiger partial charge on any atom is 0.285 e. The molecule has 1 saturated heterocycles. The number of ether oxygens (including phenoxy) is 2. The summed E-state index contributed by atoms with van der Waals surface area (Å²) < 4.78 is 16.0. The number of methoxy groups -OCH3 is 2. The molecule has 2 aromatic rings. The van der Waals surface area contributed by atoms with E-state index in [1.165, 1.54) is 20.5 Å². The molecule has 1 aliphatic rings. The van der Waals surface area contributed by atoms with E-state index in [0.29, 0.717) is 17.1 Å². The number of amides is 1. The molecule has 0 unspecified atom stereocenters. The minimum absolute atomic E-state index is 0.00177. The third kappa shape index (κ3) is 4.96. The predicted molar refractivity (Wildman–Crippen MR) is 108 cm³/mol. The molecule has 1 aliphatic heterocycles. The molecule has 2 aromatic heterocycles. The van der Waals surface area contributed by atoms with Gasteiger partial charge in [0.2, 0.25) is 17.7 Å². The number of likely N-dealkylation sites (N-methyl/N-ethyl adjacent to an activating group) is 1. The van der Waals surface area contributed by atoms with Gasteiger partial charge in [0.15, 0.2) is 5.76 Å². The van der Waals surface area contributed by atoms with Gasteiger partial charge in [-0.1, -0.05) is 0 Å². The summed E-state index contributed by atoms with van der Waals surface area (Å²) >= 11 is 0. The molecule has 3 rings (SSSR count). The molecule has 0 bridgehead atoms. The smallest absolute Gasteiger partial charge is 0.285 e. The van der Waals surface area contributed by atoms with Crippen LogP contribution >= 0.6 is 0 Å². The van der Waals surface area contributed by atoms with Crippen LogP contribution in [-0.4, -0.2) is 86.2 Å². The van der Waals surface area contributed by atoms with Gasteiger partial charge >= 0.3 is 0 Å². The van der Waals surface area contributed by atoms with E-state index in [-0.39, 0.29) is 17.5 Å². The van der Waals surface area contributed by atoms with Gasteiger partial charge in [-0.05, 0) is 26.1 Å². The van der Waals surface area contributed by atoms with Gasteiger partial charge in [-0.2, -0.15) is 9.97 Å². The molecule has 0 saturated carbocycles. The third-order valence-electron chi connectivity index (χ3n) is 4.92. The molecule has 0 radical (unpaired) electrons. The normalized spacial score (nSPS) is 15.3. The summed E-state index contributed by atoms with van der Waals surface area (Å²) in [4.78, 5) is 25.3. The molecule has 1 amide bonds. The Balaban J connectivity index is 1.69. The molecule has 158 valence electrons. The first kappa shape index (κ1) is 20.9. The van der Waals surface area contributed by atoms with Gasteiger partial charge in [0.05, 0.1) is 20.5 Å². The number of carbonyl (C=O) groups excluding carboxylic acids is 1. The molecule has 1 fully saturated rings. The van der Waals surface area contributed by atoms with Crippen LogP contribution in [-0.2, 0) is 0 Å². The maximum atomic E-state index is 11.6. The number of furan rings is 1. The Labute approximate surface area is 170 Å².